The van der Waals surface area contributed by atoms with Crippen LogP contribution in [0, 0.1) is 5.82 Å². The van der Waals surface area contributed by atoms with Crippen LogP contribution in [-0.4, -0.2) is 4.98 Å². The highest BCUT2D eigenvalue weighted by molar-refractivity contribution is 6.35. The van der Waals surface area contributed by atoms with Gasteiger partial charge in [-0.15, -0.1) is 0 Å². The average molecular weight is 212 g/mol. The normalized spacial score (nSPS) is 9.43. The van der Waals surface area contributed by atoms with Gasteiger partial charge in [-0.2, -0.15) is 0 Å². The molecule has 1 aromatic heterocycles. The number of nitrogens with zero attached hydrogens (tertiary/aromatic N) is 1. The Morgan fingerprint density at radius 2 is 1.93 bits per heavy atom. The first-order chi connectivity index (χ1) is 6.79. The summed E-state index contributed by atoms with van der Waals surface area (Å²) in [6, 6.07) is 6.37. The van der Waals surface area contributed by atoms with E-state index in [1.54, 1.807) is 18.2 Å². The quantitative estimate of drug-likeness (QED) is 0.641. The van der Waals surface area contributed by atoms with Gasteiger partial charge in [0.15, 0.2) is 0 Å². The van der Waals surface area contributed by atoms with Crippen LogP contribution in [0.25, 0.3) is 10.9 Å². The highest BCUT2D eigenvalue weighted by atomic mass is 35.5. The van der Waals surface area contributed by atoms with Crippen LogP contribution in [0.1, 0.15) is 13.8 Å². The minimum absolute atomic E-state index is 0.324. The number of hydrogen-bond acceptors (Lipinski definition) is 1. The van der Waals surface area contributed by atoms with Crippen molar-refractivity contribution in [3.05, 3.63) is 41.3 Å². The largest absolute Gasteiger partial charge is 0.253 e. The van der Waals surface area contributed by atoms with E-state index in [0.29, 0.717) is 15.9 Å². The second kappa shape index (κ2) is 4.91. The van der Waals surface area contributed by atoms with Crippen molar-refractivity contribution in [1.82, 2.24) is 4.98 Å². The zero-order valence-electron chi connectivity index (χ0n) is 8.09. The number of rotatable bonds is 0. The van der Waals surface area contributed by atoms with E-state index in [1.165, 1.54) is 12.3 Å². The number of aromatic nitrogens is 1. The van der Waals surface area contributed by atoms with Crippen molar-refractivity contribution in [2.75, 3.05) is 0 Å². The molecule has 74 valence electrons. The van der Waals surface area contributed by atoms with Crippen molar-refractivity contribution >= 4 is 22.5 Å². The molecule has 0 unspecified atom stereocenters. The summed E-state index contributed by atoms with van der Waals surface area (Å²) in [6.45, 7) is 4.00. The fourth-order valence-electron chi connectivity index (χ4n) is 1.11. The molecule has 0 bridgehead atoms. The predicted molar refractivity (Wildman–Crippen MR) is 58.1 cm³/mol. The zero-order chi connectivity index (χ0) is 10.6. The maximum Gasteiger partial charge on any atom is 0.149 e. The standard InChI is InChI=1S/C9H5ClFN.C2H6/c10-7-4-5-12-9-6(7)2-1-3-8(9)11;1-2/h1-5H;1-2H3. The van der Waals surface area contributed by atoms with Gasteiger partial charge >= 0.3 is 0 Å². The Balaban J connectivity index is 0.000000461. The van der Waals surface area contributed by atoms with Gasteiger partial charge in [0.1, 0.15) is 11.3 Å². The molecule has 0 saturated heterocycles. The summed E-state index contributed by atoms with van der Waals surface area (Å²) in [5.41, 5.74) is 0.324. The smallest absolute Gasteiger partial charge is 0.149 e. The molecular weight excluding hydrogens is 201 g/mol. The molecule has 2 rings (SSSR count). The number of hydrogen-bond donors (Lipinski definition) is 0. The maximum atomic E-state index is 13.0. The summed E-state index contributed by atoms with van der Waals surface area (Å²) in [4.78, 5) is 3.88. The minimum atomic E-state index is -0.338. The molecule has 14 heavy (non-hydrogen) atoms. The van der Waals surface area contributed by atoms with Gasteiger partial charge in [0.05, 0.1) is 5.02 Å². The van der Waals surface area contributed by atoms with Crippen LogP contribution in [0.2, 0.25) is 5.02 Å². The highest BCUT2D eigenvalue weighted by Gasteiger charge is 2.02. The monoisotopic (exact) mass is 211 g/mol. The molecule has 1 aromatic carbocycles. The molecule has 0 atom stereocenters. The van der Waals surface area contributed by atoms with E-state index in [0.717, 1.165) is 0 Å². The van der Waals surface area contributed by atoms with Crippen LogP contribution in [-0.2, 0) is 0 Å². The molecule has 1 heterocycles. The lowest BCUT2D eigenvalue weighted by Gasteiger charge is -1.98. The molecule has 0 spiro atoms. The second-order valence-corrected chi connectivity index (χ2v) is 2.84. The van der Waals surface area contributed by atoms with Crippen LogP contribution in [0.4, 0.5) is 4.39 Å². The van der Waals surface area contributed by atoms with Crippen LogP contribution < -0.4 is 0 Å². The van der Waals surface area contributed by atoms with E-state index in [9.17, 15) is 4.39 Å². The molecular formula is C11H11ClFN. The van der Waals surface area contributed by atoms with Gasteiger partial charge in [-0.1, -0.05) is 37.6 Å². The first-order valence-electron chi connectivity index (χ1n) is 4.48. The summed E-state index contributed by atoms with van der Waals surface area (Å²) < 4.78 is 13.0. The third kappa shape index (κ3) is 2.02. The van der Waals surface area contributed by atoms with Gasteiger partial charge < -0.3 is 0 Å². The van der Waals surface area contributed by atoms with E-state index in [4.69, 9.17) is 11.6 Å². The number of fused-ring (bicyclic) bond motifs is 1. The SMILES string of the molecule is CC.Fc1cccc2c(Cl)ccnc12. The molecule has 0 fully saturated rings. The van der Waals surface area contributed by atoms with Crippen molar-refractivity contribution in [3.63, 3.8) is 0 Å². The molecule has 0 N–H and O–H groups in total. The molecule has 0 aliphatic heterocycles. The van der Waals surface area contributed by atoms with Gasteiger partial charge in [-0.05, 0) is 12.1 Å². The zero-order valence-corrected chi connectivity index (χ0v) is 8.85. The Labute approximate surface area is 87.5 Å². The van der Waals surface area contributed by atoms with E-state index >= 15 is 0 Å². The minimum Gasteiger partial charge on any atom is -0.253 e. The van der Waals surface area contributed by atoms with Gasteiger partial charge in [0.2, 0.25) is 0 Å². The molecule has 0 saturated carbocycles. The maximum absolute atomic E-state index is 13.0. The first-order valence-corrected chi connectivity index (χ1v) is 4.85. The number of benzene rings is 1. The third-order valence-electron chi connectivity index (χ3n) is 1.67. The van der Waals surface area contributed by atoms with Crippen LogP contribution in [0.15, 0.2) is 30.5 Å². The van der Waals surface area contributed by atoms with Crippen LogP contribution >= 0.6 is 11.6 Å². The van der Waals surface area contributed by atoms with E-state index < -0.39 is 0 Å². The van der Waals surface area contributed by atoms with E-state index in [2.05, 4.69) is 4.98 Å². The van der Waals surface area contributed by atoms with Crippen LogP contribution in [0.5, 0.6) is 0 Å². The van der Waals surface area contributed by atoms with Crippen molar-refractivity contribution in [2.45, 2.75) is 13.8 Å². The molecule has 0 aliphatic carbocycles. The Bertz CT molecular complexity index is 387. The predicted octanol–water partition coefficient (Wildman–Crippen LogP) is 4.05. The summed E-state index contributed by atoms with van der Waals surface area (Å²) in [5, 5.41) is 1.18. The van der Waals surface area contributed by atoms with Gasteiger partial charge in [0, 0.05) is 11.6 Å². The third-order valence-corrected chi connectivity index (χ3v) is 2.00. The Hall–Kier alpha value is -1.15. The first kappa shape index (κ1) is 10.9. The van der Waals surface area contributed by atoms with Gasteiger partial charge in [-0.25, -0.2) is 4.39 Å². The molecule has 0 radical (unpaired) electrons. The fourth-order valence-corrected chi connectivity index (χ4v) is 1.32. The molecule has 3 heteroatoms. The number of pyridine rings is 1. The van der Waals surface area contributed by atoms with Gasteiger partial charge in [-0.3, -0.25) is 4.98 Å². The summed E-state index contributed by atoms with van der Waals surface area (Å²) in [7, 11) is 0. The second-order valence-electron chi connectivity index (χ2n) is 2.43. The van der Waals surface area contributed by atoms with E-state index in [1.807, 2.05) is 13.8 Å². The van der Waals surface area contributed by atoms with Crippen molar-refractivity contribution in [3.8, 4) is 0 Å². The molecule has 1 nitrogen and oxygen atoms in total. The highest BCUT2D eigenvalue weighted by Crippen LogP contribution is 2.22. The van der Waals surface area contributed by atoms with Crippen LogP contribution in [0.3, 0.4) is 0 Å². The lowest BCUT2D eigenvalue weighted by Crippen LogP contribution is -1.83. The summed E-state index contributed by atoms with van der Waals surface area (Å²) in [5.74, 6) is -0.338. The number of para-hydroxylation sites is 1. The summed E-state index contributed by atoms with van der Waals surface area (Å²) in [6.07, 6.45) is 1.49. The number of halogens is 2. The van der Waals surface area contributed by atoms with Gasteiger partial charge in [0.25, 0.3) is 0 Å². The average Bonchev–Trinajstić information content (AvgIpc) is 2.23. The topological polar surface area (TPSA) is 12.9 Å². The Morgan fingerprint density at radius 1 is 1.21 bits per heavy atom. The lowest BCUT2D eigenvalue weighted by atomic mass is 10.2. The Kier molecular flexibility index (Phi) is 3.84. The van der Waals surface area contributed by atoms with Crippen molar-refractivity contribution < 1.29 is 4.39 Å². The lowest BCUT2D eigenvalue weighted by molar-refractivity contribution is 0.637. The summed E-state index contributed by atoms with van der Waals surface area (Å²) >= 11 is 5.82. The molecule has 0 amide bonds. The fraction of sp³-hybridized carbons (Fsp3) is 0.182. The Morgan fingerprint density at radius 3 is 2.57 bits per heavy atom. The van der Waals surface area contributed by atoms with Crippen molar-refractivity contribution in [2.24, 2.45) is 0 Å². The molecule has 0 aliphatic rings. The van der Waals surface area contributed by atoms with E-state index in [-0.39, 0.29) is 5.82 Å². The van der Waals surface area contributed by atoms with Crippen molar-refractivity contribution in [1.29, 1.82) is 0 Å². The molecule has 2 aromatic rings.